The van der Waals surface area contributed by atoms with E-state index in [-0.39, 0.29) is 11.1 Å². The maximum atomic E-state index is 13.4. The maximum absolute atomic E-state index is 13.4. The molecular weight excluding hydrogens is 290 g/mol. The molecule has 21 heavy (non-hydrogen) atoms. The Morgan fingerprint density at radius 3 is 2.52 bits per heavy atom. The quantitative estimate of drug-likeness (QED) is 0.482. The van der Waals surface area contributed by atoms with Gasteiger partial charge in [-0.1, -0.05) is 12.1 Å². The number of ether oxygens (including phenoxy) is 1. The minimum absolute atomic E-state index is 0.169. The number of carbonyl (C=O) groups excluding carboxylic acids is 1. The van der Waals surface area contributed by atoms with Gasteiger partial charge >= 0.3 is 12.1 Å². The van der Waals surface area contributed by atoms with Gasteiger partial charge in [-0.25, -0.2) is 9.78 Å². The highest BCUT2D eigenvalue weighted by atomic mass is 19.4. The molecule has 2 rings (SSSR count). The van der Waals surface area contributed by atoms with E-state index in [1.807, 2.05) is 0 Å². The average Bonchev–Trinajstić information content (AvgIpc) is 2.46. The molecule has 0 saturated carbocycles. The number of halogens is 4. The SMILES string of the molecule is COC(=O)c1cc(-c2cccc(C(F)(F)F)c2)cnc1F. The summed E-state index contributed by atoms with van der Waals surface area (Å²) in [5.41, 5.74) is -0.929. The molecule has 0 aliphatic carbocycles. The molecule has 0 spiro atoms. The molecule has 1 aromatic carbocycles. The van der Waals surface area contributed by atoms with Crippen molar-refractivity contribution in [1.82, 2.24) is 4.98 Å². The van der Waals surface area contributed by atoms with Crippen molar-refractivity contribution in [3.8, 4) is 11.1 Å². The van der Waals surface area contributed by atoms with Crippen molar-refractivity contribution in [3.05, 3.63) is 53.6 Å². The van der Waals surface area contributed by atoms with Crippen LogP contribution in [-0.4, -0.2) is 18.1 Å². The number of aromatic nitrogens is 1. The van der Waals surface area contributed by atoms with Crippen LogP contribution in [0.2, 0.25) is 0 Å². The van der Waals surface area contributed by atoms with Gasteiger partial charge in [0.05, 0.1) is 12.7 Å². The molecular formula is C14H9F4NO2. The molecule has 0 aliphatic heterocycles. The third-order valence-electron chi connectivity index (χ3n) is 2.77. The smallest absolute Gasteiger partial charge is 0.416 e. The number of pyridine rings is 1. The topological polar surface area (TPSA) is 39.2 Å². The molecule has 110 valence electrons. The van der Waals surface area contributed by atoms with Gasteiger partial charge in [-0.05, 0) is 23.8 Å². The van der Waals surface area contributed by atoms with Crippen LogP contribution in [0.4, 0.5) is 17.6 Å². The molecule has 0 amide bonds. The number of hydrogen-bond donors (Lipinski definition) is 0. The molecule has 0 bridgehead atoms. The summed E-state index contributed by atoms with van der Waals surface area (Å²) in [6.07, 6.45) is -3.44. The molecule has 1 aromatic heterocycles. The fourth-order valence-corrected chi connectivity index (χ4v) is 1.73. The standard InChI is InChI=1S/C14H9F4NO2/c1-21-13(20)11-6-9(7-19-12(11)15)8-3-2-4-10(5-8)14(16,17)18/h2-7H,1H3. The van der Waals surface area contributed by atoms with E-state index in [0.717, 1.165) is 31.5 Å². The van der Waals surface area contributed by atoms with E-state index >= 15 is 0 Å². The monoisotopic (exact) mass is 299 g/mol. The Balaban J connectivity index is 2.50. The van der Waals surface area contributed by atoms with Gasteiger partial charge in [0, 0.05) is 11.8 Å². The highest BCUT2D eigenvalue weighted by Crippen LogP contribution is 2.32. The normalized spacial score (nSPS) is 11.3. The largest absolute Gasteiger partial charge is 0.465 e. The van der Waals surface area contributed by atoms with Crippen LogP contribution in [0, 0.1) is 5.95 Å². The van der Waals surface area contributed by atoms with Gasteiger partial charge in [0.2, 0.25) is 5.95 Å². The first-order chi connectivity index (χ1) is 9.82. The predicted octanol–water partition coefficient (Wildman–Crippen LogP) is 3.69. The third-order valence-corrected chi connectivity index (χ3v) is 2.77. The van der Waals surface area contributed by atoms with E-state index < -0.39 is 29.2 Å². The highest BCUT2D eigenvalue weighted by Gasteiger charge is 2.30. The van der Waals surface area contributed by atoms with Crippen LogP contribution in [0.25, 0.3) is 11.1 Å². The van der Waals surface area contributed by atoms with Crippen LogP contribution in [0.1, 0.15) is 15.9 Å². The van der Waals surface area contributed by atoms with Gasteiger partial charge in [0.15, 0.2) is 0 Å². The summed E-state index contributed by atoms with van der Waals surface area (Å²) < 4.78 is 55.8. The third kappa shape index (κ3) is 3.18. The van der Waals surface area contributed by atoms with Crippen LogP contribution in [0.3, 0.4) is 0 Å². The van der Waals surface area contributed by atoms with Crippen LogP contribution >= 0.6 is 0 Å². The molecule has 7 heteroatoms. The van der Waals surface area contributed by atoms with Gasteiger partial charge in [-0.3, -0.25) is 0 Å². The Bertz CT molecular complexity index is 683. The highest BCUT2D eigenvalue weighted by molar-refractivity contribution is 5.90. The minimum atomic E-state index is -4.49. The van der Waals surface area contributed by atoms with Crippen LogP contribution in [0.5, 0.6) is 0 Å². The predicted molar refractivity (Wildman–Crippen MR) is 66.0 cm³/mol. The molecule has 0 atom stereocenters. The van der Waals surface area contributed by atoms with E-state index in [9.17, 15) is 22.4 Å². The maximum Gasteiger partial charge on any atom is 0.416 e. The minimum Gasteiger partial charge on any atom is -0.465 e. The molecule has 1 heterocycles. The summed E-state index contributed by atoms with van der Waals surface area (Å²) in [5.74, 6) is -1.99. The van der Waals surface area contributed by atoms with Gasteiger partial charge in [0.1, 0.15) is 5.56 Å². The van der Waals surface area contributed by atoms with Crippen molar-refractivity contribution in [2.45, 2.75) is 6.18 Å². The molecule has 3 nitrogen and oxygen atoms in total. The lowest BCUT2D eigenvalue weighted by atomic mass is 10.0. The fraction of sp³-hybridized carbons (Fsp3) is 0.143. The second-order valence-corrected chi connectivity index (χ2v) is 4.13. The summed E-state index contributed by atoms with van der Waals surface area (Å²) in [6.45, 7) is 0. The van der Waals surface area contributed by atoms with Crippen LogP contribution < -0.4 is 0 Å². The van der Waals surface area contributed by atoms with Gasteiger partial charge in [-0.2, -0.15) is 17.6 Å². The Kier molecular flexibility index (Phi) is 3.93. The molecule has 0 aliphatic rings. The number of rotatable bonds is 2. The van der Waals surface area contributed by atoms with Gasteiger partial charge in [-0.15, -0.1) is 0 Å². The van der Waals surface area contributed by atoms with Crippen molar-refractivity contribution < 1.29 is 27.1 Å². The summed E-state index contributed by atoms with van der Waals surface area (Å²) in [5, 5.41) is 0. The summed E-state index contributed by atoms with van der Waals surface area (Å²) in [6, 6.07) is 5.55. The summed E-state index contributed by atoms with van der Waals surface area (Å²) in [7, 11) is 1.07. The summed E-state index contributed by atoms with van der Waals surface area (Å²) in [4.78, 5) is 14.7. The molecule has 0 fully saturated rings. The first-order valence-corrected chi connectivity index (χ1v) is 5.74. The Labute approximate surface area is 117 Å². The number of alkyl halides is 3. The number of esters is 1. The second-order valence-electron chi connectivity index (χ2n) is 4.13. The van der Waals surface area contributed by atoms with Crippen molar-refractivity contribution in [2.24, 2.45) is 0 Å². The lowest BCUT2D eigenvalue weighted by Gasteiger charge is -2.09. The molecule has 0 radical (unpaired) electrons. The van der Waals surface area contributed by atoms with Gasteiger partial charge in [0.25, 0.3) is 0 Å². The lowest BCUT2D eigenvalue weighted by molar-refractivity contribution is -0.137. The van der Waals surface area contributed by atoms with Crippen molar-refractivity contribution in [3.63, 3.8) is 0 Å². The second kappa shape index (κ2) is 5.51. The number of hydrogen-bond acceptors (Lipinski definition) is 3. The number of carbonyl (C=O) groups is 1. The summed E-state index contributed by atoms with van der Waals surface area (Å²) >= 11 is 0. The van der Waals surface area contributed by atoms with Crippen LogP contribution in [-0.2, 0) is 10.9 Å². The average molecular weight is 299 g/mol. The molecule has 0 N–H and O–H groups in total. The molecule has 0 unspecified atom stereocenters. The zero-order valence-corrected chi connectivity index (χ0v) is 10.7. The van der Waals surface area contributed by atoms with E-state index in [0.29, 0.717) is 0 Å². The Morgan fingerprint density at radius 1 is 1.19 bits per heavy atom. The number of benzene rings is 1. The number of nitrogens with zero attached hydrogens (tertiary/aromatic N) is 1. The number of methoxy groups -OCH3 is 1. The van der Waals surface area contributed by atoms with E-state index in [1.165, 1.54) is 12.1 Å². The first-order valence-electron chi connectivity index (χ1n) is 5.74. The van der Waals surface area contributed by atoms with E-state index in [2.05, 4.69) is 9.72 Å². The molecule has 0 saturated heterocycles. The van der Waals surface area contributed by atoms with Crippen LogP contribution in [0.15, 0.2) is 36.5 Å². The van der Waals surface area contributed by atoms with Crippen molar-refractivity contribution >= 4 is 5.97 Å². The van der Waals surface area contributed by atoms with Crippen molar-refractivity contribution in [2.75, 3.05) is 7.11 Å². The Morgan fingerprint density at radius 2 is 1.90 bits per heavy atom. The first kappa shape index (κ1) is 15.0. The van der Waals surface area contributed by atoms with Gasteiger partial charge < -0.3 is 4.74 Å². The lowest BCUT2D eigenvalue weighted by Crippen LogP contribution is -2.07. The fourth-order valence-electron chi connectivity index (χ4n) is 1.73. The zero-order chi connectivity index (χ0) is 15.6. The van der Waals surface area contributed by atoms with Crippen molar-refractivity contribution in [1.29, 1.82) is 0 Å². The Hall–Kier alpha value is -2.44. The van der Waals surface area contributed by atoms with E-state index in [4.69, 9.17) is 0 Å². The zero-order valence-electron chi connectivity index (χ0n) is 10.7. The van der Waals surface area contributed by atoms with E-state index in [1.54, 1.807) is 0 Å². The molecule has 2 aromatic rings.